The number of nitrogens with zero attached hydrogens (tertiary/aromatic N) is 2. The highest BCUT2D eigenvalue weighted by Gasteiger charge is 2.20. The maximum atomic E-state index is 14.2. The van der Waals surface area contributed by atoms with Crippen molar-refractivity contribution in [2.24, 2.45) is 0 Å². The molecule has 0 fully saturated rings. The molecule has 0 amide bonds. The fourth-order valence-corrected chi connectivity index (χ4v) is 2.23. The molecule has 21 heavy (non-hydrogen) atoms. The first-order valence-corrected chi connectivity index (χ1v) is 6.44. The van der Waals surface area contributed by atoms with Gasteiger partial charge < -0.3 is 10.0 Å². The molecule has 3 nitrogen and oxygen atoms in total. The smallest absolute Gasteiger partial charge is 0.151 e. The minimum Gasteiger partial charge on any atom is -0.508 e. The van der Waals surface area contributed by atoms with Gasteiger partial charge in [0.25, 0.3) is 0 Å². The van der Waals surface area contributed by atoms with Gasteiger partial charge in [0.05, 0.1) is 11.6 Å². The van der Waals surface area contributed by atoms with Crippen molar-refractivity contribution in [3.05, 3.63) is 53.1 Å². The molecule has 0 bridgehead atoms. The molecule has 2 aromatic rings. The van der Waals surface area contributed by atoms with E-state index in [2.05, 4.69) is 0 Å². The number of anilines is 2. The van der Waals surface area contributed by atoms with Gasteiger partial charge in [-0.25, -0.2) is 8.78 Å². The lowest BCUT2D eigenvalue weighted by molar-refractivity contribution is 0.475. The third kappa shape index (κ3) is 2.79. The van der Waals surface area contributed by atoms with Crippen LogP contribution in [0.2, 0.25) is 0 Å². The second kappa shape index (κ2) is 5.80. The van der Waals surface area contributed by atoms with Gasteiger partial charge in [-0.2, -0.15) is 5.26 Å². The van der Waals surface area contributed by atoms with Crippen LogP contribution in [0.15, 0.2) is 30.3 Å². The lowest BCUT2D eigenvalue weighted by atomic mass is 10.1. The van der Waals surface area contributed by atoms with Gasteiger partial charge >= 0.3 is 0 Å². The predicted molar refractivity (Wildman–Crippen MR) is 76.6 cm³/mol. The summed E-state index contributed by atoms with van der Waals surface area (Å²) in [7, 11) is 0. The molecule has 2 rings (SSSR count). The molecule has 0 radical (unpaired) electrons. The lowest BCUT2D eigenvalue weighted by Crippen LogP contribution is -2.20. The first kappa shape index (κ1) is 14.8. The number of benzene rings is 2. The summed E-state index contributed by atoms with van der Waals surface area (Å²) in [5.74, 6) is -1.60. The molecule has 0 aliphatic carbocycles. The Bertz CT molecular complexity index is 700. The number of hydrogen-bond donors (Lipinski definition) is 1. The minimum atomic E-state index is -0.809. The van der Waals surface area contributed by atoms with Crippen molar-refractivity contribution >= 4 is 11.4 Å². The Labute approximate surface area is 121 Å². The molecule has 0 aliphatic heterocycles. The van der Waals surface area contributed by atoms with Gasteiger partial charge in [-0.05, 0) is 37.6 Å². The standard InChI is InChI=1S/C16H14F2N2O/c1-3-20(15-8-12(21)5-4-10(15)2)16-13(17)6-11(9-19)7-14(16)18/h4-8,21H,3H2,1-2H3. The van der Waals surface area contributed by atoms with Crippen LogP contribution in [0.5, 0.6) is 5.75 Å². The van der Waals surface area contributed by atoms with E-state index in [4.69, 9.17) is 5.26 Å². The van der Waals surface area contributed by atoms with E-state index < -0.39 is 11.6 Å². The Kier molecular flexibility index (Phi) is 4.08. The van der Waals surface area contributed by atoms with E-state index in [1.165, 1.54) is 17.0 Å². The Balaban J connectivity index is 2.62. The summed E-state index contributed by atoms with van der Waals surface area (Å²) in [4.78, 5) is 1.43. The van der Waals surface area contributed by atoms with Crippen molar-refractivity contribution in [1.82, 2.24) is 0 Å². The van der Waals surface area contributed by atoms with E-state index >= 15 is 0 Å². The Morgan fingerprint density at radius 1 is 1.19 bits per heavy atom. The zero-order valence-electron chi connectivity index (χ0n) is 11.7. The van der Waals surface area contributed by atoms with Crippen LogP contribution < -0.4 is 4.90 Å². The number of phenolic OH excluding ortho intramolecular Hbond substituents is 1. The zero-order chi connectivity index (χ0) is 15.6. The van der Waals surface area contributed by atoms with Crippen LogP contribution in [0.3, 0.4) is 0 Å². The highest BCUT2D eigenvalue weighted by Crippen LogP contribution is 2.34. The van der Waals surface area contributed by atoms with Crippen LogP contribution in [0.25, 0.3) is 0 Å². The number of hydrogen-bond acceptors (Lipinski definition) is 3. The molecule has 0 saturated heterocycles. The Morgan fingerprint density at radius 3 is 2.33 bits per heavy atom. The average molecular weight is 288 g/mol. The third-order valence-electron chi connectivity index (χ3n) is 3.22. The van der Waals surface area contributed by atoms with Crippen molar-refractivity contribution in [1.29, 1.82) is 5.26 Å². The molecule has 0 unspecified atom stereocenters. The average Bonchev–Trinajstić information content (AvgIpc) is 2.45. The molecule has 0 spiro atoms. The van der Waals surface area contributed by atoms with Gasteiger partial charge in [0.2, 0.25) is 0 Å². The number of halogens is 2. The van der Waals surface area contributed by atoms with Crippen LogP contribution in [-0.4, -0.2) is 11.7 Å². The molecule has 5 heteroatoms. The summed E-state index contributed by atoms with van der Waals surface area (Å²) in [5.41, 5.74) is 0.987. The molecular formula is C16H14F2N2O. The van der Waals surface area contributed by atoms with Crippen molar-refractivity contribution < 1.29 is 13.9 Å². The minimum absolute atomic E-state index is 0.0171. The summed E-state index contributed by atoms with van der Waals surface area (Å²) in [6.07, 6.45) is 0. The second-order valence-corrected chi connectivity index (χ2v) is 4.62. The molecule has 0 heterocycles. The van der Waals surface area contributed by atoms with E-state index in [-0.39, 0.29) is 17.0 Å². The zero-order valence-corrected chi connectivity index (χ0v) is 11.7. The number of phenols is 1. The number of rotatable bonds is 3. The third-order valence-corrected chi connectivity index (χ3v) is 3.22. The van der Waals surface area contributed by atoms with Crippen LogP contribution in [0, 0.1) is 29.9 Å². The number of aryl methyl sites for hydroxylation is 1. The monoisotopic (exact) mass is 288 g/mol. The molecule has 0 aromatic heterocycles. The molecule has 0 atom stereocenters. The van der Waals surface area contributed by atoms with Crippen molar-refractivity contribution in [3.63, 3.8) is 0 Å². The molecular weight excluding hydrogens is 274 g/mol. The van der Waals surface area contributed by atoms with Crippen LogP contribution in [0.1, 0.15) is 18.1 Å². The highest BCUT2D eigenvalue weighted by atomic mass is 19.1. The first-order chi connectivity index (χ1) is 9.97. The van der Waals surface area contributed by atoms with Gasteiger partial charge in [-0.1, -0.05) is 6.07 Å². The summed E-state index contributed by atoms with van der Waals surface area (Å²) in [6, 6.07) is 8.35. The van der Waals surface area contributed by atoms with E-state index in [9.17, 15) is 13.9 Å². The maximum absolute atomic E-state index is 14.2. The molecule has 2 aromatic carbocycles. The summed E-state index contributed by atoms with van der Waals surface area (Å²) >= 11 is 0. The quantitative estimate of drug-likeness (QED) is 0.928. The summed E-state index contributed by atoms with van der Waals surface area (Å²) in [5, 5.41) is 18.3. The number of nitriles is 1. The Hall–Kier alpha value is -2.61. The van der Waals surface area contributed by atoms with Gasteiger partial charge in [-0.15, -0.1) is 0 Å². The van der Waals surface area contributed by atoms with Crippen molar-refractivity contribution in [2.45, 2.75) is 13.8 Å². The van der Waals surface area contributed by atoms with E-state index in [1.54, 1.807) is 26.0 Å². The van der Waals surface area contributed by atoms with Crippen molar-refractivity contribution in [2.75, 3.05) is 11.4 Å². The van der Waals surface area contributed by atoms with Crippen molar-refractivity contribution in [3.8, 4) is 11.8 Å². The van der Waals surface area contributed by atoms with Gasteiger partial charge in [0, 0.05) is 18.3 Å². The second-order valence-electron chi connectivity index (χ2n) is 4.62. The maximum Gasteiger partial charge on any atom is 0.151 e. The van der Waals surface area contributed by atoms with Crippen LogP contribution in [0.4, 0.5) is 20.2 Å². The van der Waals surface area contributed by atoms with E-state index in [0.717, 1.165) is 17.7 Å². The fraction of sp³-hybridized carbons (Fsp3) is 0.188. The number of aromatic hydroxyl groups is 1. The molecule has 1 N–H and O–H groups in total. The topological polar surface area (TPSA) is 47.3 Å². The van der Waals surface area contributed by atoms with Gasteiger partial charge in [-0.3, -0.25) is 0 Å². The molecule has 0 aliphatic rings. The Morgan fingerprint density at radius 2 is 1.81 bits per heavy atom. The normalized spacial score (nSPS) is 10.2. The molecule has 0 saturated carbocycles. The lowest BCUT2D eigenvalue weighted by Gasteiger charge is -2.26. The summed E-state index contributed by atoms with van der Waals surface area (Å²) in [6.45, 7) is 3.85. The fourth-order valence-electron chi connectivity index (χ4n) is 2.23. The van der Waals surface area contributed by atoms with E-state index in [1.807, 2.05) is 0 Å². The SMILES string of the molecule is CCN(c1cc(O)ccc1C)c1c(F)cc(C#N)cc1F. The predicted octanol–water partition coefficient (Wildman–Crippen LogP) is 4.01. The van der Waals surface area contributed by atoms with E-state index in [0.29, 0.717) is 12.2 Å². The summed E-state index contributed by atoms with van der Waals surface area (Å²) < 4.78 is 28.3. The van der Waals surface area contributed by atoms with Gasteiger partial charge in [0.1, 0.15) is 11.4 Å². The van der Waals surface area contributed by atoms with Crippen LogP contribution in [-0.2, 0) is 0 Å². The largest absolute Gasteiger partial charge is 0.508 e. The van der Waals surface area contributed by atoms with Gasteiger partial charge in [0.15, 0.2) is 11.6 Å². The first-order valence-electron chi connectivity index (χ1n) is 6.44. The van der Waals surface area contributed by atoms with Crippen LogP contribution >= 0.6 is 0 Å². The molecule has 108 valence electrons. The highest BCUT2D eigenvalue weighted by molar-refractivity contribution is 5.69.